The van der Waals surface area contributed by atoms with Crippen LogP contribution in [0.25, 0.3) is 22.8 Å². The number of aryl methyl sites for hydroxylation is 1. The maximum atomic E-state index is 13.3. The summed E-state index contributed by atoms with van der Waals surface area (Å²) in [7, 11) is -0.911. The van der Waals surface area contributed by atoms with Crippen LogP contribution in [-0.2, 0) is 21.2 Å². The number of anilines is 1. The molecule has 0 amide bonds. The second-order valence-electron chi connectivity index (χ2n) is 8.54. The fourth-order valence-corrected chi connectivity index (χ4v) is 5.45. The molecule has 1 aliphatic rings. The average molecular weight is 572 g/mol. The number of para-hydroxylation sites is 1. The number of methoxy groups -OCH3 is 2. The molecule has 0 saturated carbocycles. The predicted molar refractivity (Wildman–Crippen MR) is 146 cm³/mol. The highest BCUT2D eigenvalue weighted by Crippen LogP contribution is 2.37. The Balaban J connectivity index is 1.48. The van der Waals surface area contributed by atoms with Crippen molar-refractivity contribution in [1.29, 1.82) is 0 Å². The van der Waals surface area contributed by atoms with Crippen LogP contribution in [0.4, 0.5) is 5.95 Å². The van der Waals surface area contributed by atoms with Crippen molar-refractivity contribution in [2.45, 2.75) is 12.8 Å². The summed E-state index contributed by atoms with van der Waals surface area (Å²) in [5.74, 6) is 1.16. The Morgan fingerprint density at radius 2 is 1.92 bits per heavy atom. The molecule has 1 N–H and O–H groups in total. The zero-order valence-corrected chi connectivity index (χ0v) is 22.8. The summed E-state index contributed by atoms with van der Waals surface area (Å²) in [4.78, 5) is 4.43. The first kappa shape index (κ1) is 26.7. The number of pyridine rings is 1. The standard InChI is InChI=1S/C26H26ClN5O6S/c1-35-21-5-3-6-22(36-2)24(21)32-25(23-7-4-11-38-23)29-30-26(32)31-39(33,34)14-10-20-19(15-18(27)16-28-20)17-8-12-37-13-9-17/h3-8,11,15-16H,9-10,12-14H2,1-2H3,(H,30,31). The molecule has 4 aromatic rings. The molecule has 0 unspecified atom stereocenters. The average Bonchev–Trinajstić information content (AvgIpc) is 3.62. The number of furan rings is 1. The minimum atomic E-state index is -3.92. The number of benzene rings is 1. The van der Waals surface area contributed by atoms with Crippen LogP contribution in [0.2, 0.25) is 5.02 Å². The predicted octanol–water partition coefficient (Wildman–Crippen LogP) is 4.38. The molecule has 204 valence electrons. The molecule has 0 aliphatic carbocycles. The third-order valence-electron chi connectivity index (χ3n) is 6.13. The van der Waals surface area contributed by atoms with Crippen LogP contribution < -0.4 is 14.2 Å². The normalized spacial score (nSPS) is 13.7. The highest BCUT2D eigenvalue weighted by atomic mass is 35.5. The van der Waals surface area contributed by atoms with E-state index in [1.54, 1.807) is 36.4 Å². The first-order valence-corrected chi connectivity index (χ1v) is 14.1. The van der Waals surface area contributed by atoms with Gasteiger partial charge < -0.3 is 18.6 Å². The first-order valence-electron chi connectivity index (χ1n) is 12.0. The lowest BCUT2D eigenvalue weighted by Crippen LogP contribution is -2.21. The molecule has 3 aromatic heterocycles. The highest BCUT2D eigenvalue weighted by molar-refractivity contribution is 7.92. The van der Waals surface area contributed by atoms with Gasteiger partial charge >= 0.3 is 0 Å². The lowest BCUT2D eigenvalue weighted by atomic mass is 9.99. The number of sulfonamides is 1. The monoisotopic (exact) mass is 571 g/mol. The van der Waals surface area contributed by atoms with Crippen LogP contribution in [0.15, 0.2) is 59.4 Å². The third-order valence-corrected chi connectivity index (χ3v) is 7.57. The van der Waals surface area contributed by atoms with Crippen molar-refractivity contribution in [3.05, 3.63) is 71.2 Å². The van der Waals surface area contributed by atoms with Crippen molar-refractivity contribution in [3.63, 3.8) is 0 Å². The largest absolute Gasteiger partial charge is 0.494 e. The minimum Gasteiger partial charge on any atom is -0.494 e. The van der Waals surface area contributed by atoms with Gasteiger partial charge in [-0.25, -0.2) is 8.42 Å². The number of aromatic nitrogens is 4. The maximum absolute atomic E-state index is 13.3. The van der Waals surface area contributed by atoms with Gasteiger partial charge in [0.15, 0.2) is 5.76 Å². The SMILES string of the molecule is COc1cccc(OC)c1-n1c(NS(=O)(=O)CCc2ncc(Cl)cc2C2=CCOCC2)nnc1-c1ccco1. The molecular weight excluding hydrogens is 546 g/mol. The van der Waals surface area contributed by atoms with Gasteiger partial charge in [-0.05, 0) is 42.3 Å². The molecule has 0 spiro atoms. The van der Waals surface area contributed by atoms with E-state index in [9.17, 15) is 8.42 Å². The van der Waals surface area contributed by atoms with Crippen molar-refractivity contribution in [2.24, 2.45) is 0 Å². The smallest absolute Gasteiger partial charge is 0.243 e. The number of ether oxygens (including phenoxy) is 3. The molecule has 0 saturated heterocycles. The number of nitrogens with one attached hydrogen (secondary N) is 1. The van der Waals surface area contributed by atoms with Crippen molar-refractivity contribution in [2.75, 3.05) is 37.9 Å². The summed E-state index contributed by atoms with van der Waals surface area (Å²) >= 11 is 6.21. The zero-order valence-electron chi connectivity index (χ0n) is 21.3. The van der Waals surface area contributed by atoms with E-state index in [2.05, 4.69) is 19.9 Å². The molecule has 1 aromatic carbocycles. The number of hydrogen-bond acceptors (Lipinski definition) is 9. The molecule has 5 rings (SSSR count). The van der Waals surface area contributed by atoms with Crippen molar-refractivity contribution < 1.29 is 27.0 Å². The molecule has 1 aliphatic heterocycles. The van der Waals surface area contributed by atoms with Crippen molar-refractivity contribution >= 4 is 33.1 Å². The van der Waals surface area contributed by atoms with E-state index in [-0.39, 0.29) is 23.9 Å². The summed E-state index contributed by atoms with van der Waals surface area (Å²) in [6.45, 7) is 1.07. The minimum absolute atomic E-state index is 0.0550. The molecule has 0 atom stereocenters. The Morgan fingerprint density at radius 3 is 2.59 bits per heavy atom. The van der Waals surface area contributed by atoms with Gasteiger partial charge in [0.2, 0.25) is 21.8 Å². The van der Waals surface area contributed by atoms with Gasteiger partial charge in [-0.2, -0.15) is 0 Å². The van der Waals surface area contributed by atoms with E-state index in [4.69, 9.17) is 30.2 Å². The summed E-state index contributed by atoms with van der Waals surface area (Å²) in [5.41, 5.74) is 2.89. The van der Waals surface area contributed by atoms with E-state index in [1.807, 2.05) is 6.08 Å². The van der Waals surface area contributed by atoms with Gasteiger partial charge in [0.25, 0.3) is 0 Å². The number of rotatable bonds is 10. The Bertz CT molecular complexity index is 1580. The number of nitrogens with zero attached hydrogens (tertiary/aromatic N) is 4. The Kier molecular flexibility index (Phi) is 7.87. The highest BCUT2D eigenvalue weighted by Gasteiger charge is 2.26. The van der Waals surface area contributed by atoms with Crippen molar-refractivity contribution in [3.8, 4) is 28.8 Å². The molecule has 0 bridgehead atoms. The molecule has 13 heteroatoms. The van der Waals surface area contributed by atoms with Gasteiger partial charge in [-0.3, -0.25) is 14.3 Å². The molecular formula is C26H26ClN5O6S. The first-order chi connectivity index (χ1) is 18.9. The fraction of sp³-hybridized carbons (Fsp3) is 0.269. The quantitative estimate of drug-likeness (QED) is 0.294. The van der Waals surface area contributed by atoms with Crippen LogP contribution in [-0.4, -0.2) is 61.4 Å². The van der Waals surface area contributed by atoms with Crippen molar-refractivity contribution in [1.82, 2.24) is 19.7 Å². The van der Waals surface area contributed by atoms with Crippen LogP contribution in [0.5, 0.6) is 11.5 Å². The molecule has 0 radical (unpaired) electrons. The van der Waals surface area contributed by atoms with E-state index in [1.165, 1.54) is 31.2 Å². The summed E-state index contributed by atoms with van der Waals surface area (Å²) in [6, 6.07) is 10.4. The van der Waals surface area contributed by atoms with Crippen LogP contribution in [0.3, 0.4) is 0 Å². The third kappa shape index (κ3) is 5.77. The van der Waals surface area contributed by atoms with E-state index >= 15 is 0 Å². The van der Waals surface area contributed by atoms with E-state index < -0.39 is 10.0 Å². The lowest BCUT2D eigenvalue weighted by molar-refractivity contribution is 0.161. The second kappa shape index (κ2) is 11.5. The number of halogens is 1. The molecule has 39 heavy (non-hydrogen) atoms. The second-order valence-corrected chi connectivity index (χ2v) is 10.8. The van der Waals surface area contributed by atoms with Gasteiger partial charge in [-0.15, -0.1) is 10.2 Å². The topological polar surface area (TPSA) is 131 Å². The summed E-state index contributed by atoms with van der Waals surface area (Å²) in [5, 5.41) is 8.82. The summed E-state index contributed by atoms with van der Waals surface area (Å²) < 4.78 is 52.8. The van der Waals surface area contributed by atoms with E-state index in [0.717, 1.165) is 11.1 Å². The summed E-state index contributed by atoms with van der Waals surface area (Å²) in [6.07, 6.45) is 5.81. The maximum Gasteiger partial charge on any atom is 0.243 e. The van der Waals surface area contributed by atoms with Gasteiger partial charge in [-0.1, -0.05) is 23.7 Å². The zero-order chi connectivity index (χ0) is 27.4. The van der Waals surface area contributed by atoms with Gasteiger partial charge in [0.1, 0.15) is 17.2 Å². The molecule has 0 fully saturated rings. The Labute approximate surface area is 230 Å². The fourth-order valence-electron chi connectivity index (χ4n) is 4.32. The molecule has 11 nitrogen and oxygen atoms in total. The lowest BCUT2D eigenvalue weighted by Gasteiger charge is -2.18. The van der Waals surface area contributed by atoms with E-state index in [0.29, 0.717) is 53.3 Å². The van der Waals surface area contributed by atoms with Crippen LogP contribution in [0.1, 0.15) is 17.7 Å². The van der Waals surface area contributed by atoms with Gasteiger partial charge in [0, 0.05) is 23.9 Å². The Morgan fingerprint density at radius 1 is 1.13 bits per heavy atom. The number of hydrogen-bond donors (Lipinski definition) is 1. The molecule has 4 heterocycles. The Hall–Kier alpha value is -3.87. The van der Waals surface area contributed by atoms with Crippen LogP contribution in [0, 0.1) is 0 Å². The van der Waals surface area contributed by atoms with Crippen LogP contribution >= 0.6 is 11.6 Å². The van der Waals surface area contributed by atoms with Gasteiger partial charge in [0.05, 0.1) is 44.5 Å².